The Morgan fingerprint density at radius 1 is 0.857 bits per heavy atom. The molecule has 0 bridgehead atoms. The van der Waals surface area contributed by atoms with Crippen molar-refractivity contribution in [1.82, 2.24) is 0 Å². The minimum absolute atomic E-state index is 0.0750. The molecule has 0 aliphatic rings. The van der Waals surface area contributed by atoms with E-state index < -0.39 is 0 Å². The topological polar surface area (TPSA) is 18.5 Å². The smallest absolute Gasteiger partial charge is 0.120 e. The van der Waals surface area contributed by atoms with Crippen LogP contribution in [0.5, 0.6) is 11.5 Å². The SMILES string of the molecule is CC(C)(CS)COc1ccc(OCc2ccccc2)cc1. The predicted octanol–water partition coefficient (Wildman–Crippen LogP) is 4.60. The minimum Gasteiger partial charge on any atom is -0.493 e. The number of hydrogen-bond acceptors (Lipinski definition) is 3. The summed E-state index contributed by atoms with van der Waals surface area (Å²) in [5.41, 5.74) is 1.24. The Morgan fingerprint density at radius 3 is 2.00 bits per heavy atom. The molecular formula is C18H22O2S. The van der Waals surface area contributed by atoms with Crippen molar-refractivity contribution in [3.05, 3.63) is 60.2 Å². The van der Waals surface area contributed by atoms with E-state index in [1.54, 1.807) is 0 Å². The van der Waals surface area contributed by atoms with E-state index in [0.29, 0.717) is 13.2 Å². The van der Waals surface area contributed by atoms with E-state index in [4.69, 9.17) is 9.47 Å². The molecular weight excluding hydrogens is 280 g/mol. The van der Waals surface area contributed by atoms with Gasteiger partial charge in [-0.25, -0.2) is 0 Å². The van der Waals surface area contributed by atoms with Gasteiger partial charge < -0.3 is 9.47 Å². The fraction of sp³-hybridized carbons (Fsp3) is 0.333. The first-order valence-corrected chi connectivity index (χ1v) is 7.73. The first kappa shape index (κ1) is 15.8. The van der Waals surface area contributed by atoms with E-state index in [2.05, 4.69) is 38.6 Å². The summed E-state index contributed by atoms with van der Waals surface area (Å²) in [6.45, 7) is 5.50. The summed E-state index contributed by atoms with van der Waals surface area (Å²) in [6, 6.07) is 17.9. The van der Waals surface area contributed by atoms with E-state index in [1.165, 1.54) is 0 Å². The van der Waals surface area contributed by atoms with Crippen molar-refractivity contribution in [3.63, 3.8) is 0 Å². The summed E-state index contributed by atoms with van der Waals surface area (Å²) in [4.78, 5) is 0. The van der Waals surface area contributed by atoms with Gasteiger partial charge in [-0.05, 0) is 35.6 Å². The minimum atomic E-state index is 0.0750. The maximum Gasteiger partial charge on any atom is 0.120 e. The van der Waals surface area contributed by atoms with Gasteiger partial charge >= 0.3 is 0 Å². The van der Waals surface area contributed by atoms with E-state index in [9.17, 15) is 0 Å². The van der Waals surface area contributed by atoms with Crippen LogP contribution in [0.3, 0.4) is 0 Å². The Balaban J connectivity index is 1.84. The average molecular weight is 302 g/mol. The van der Waals surface area contributed by atoms with Crippen LogP contribution < -0.4 is 9.47 Å². The maximum atomic E-state index is 5.78. The van der Waals surface area contributed by atoms with Gasteiger partial charge in [-0.2, -0.15) is 12.6 Å². The van der Waals surface area contributed by atoms with Crippen molar-refractivity contribution in [3.8, 4) is 11.5 Å². The average Bonchev–Trinajstić information content (AvgIpc) is 2.53. The summed E-state index contributed by atoms with van der Waals surface area (Å²) >= 11 is 4.33. The van der Waals surface area contributed by atoms with Gasteiger partial charge in [-0.15, -0.1) is 0 Å². The third-order valence-corrected chi connectivity index (χ3v) is 3.99. The van der Waals surface area contributed by atoms with E-state index >= 15 is 0 Å². The summed E-state index contributed by atoms with van der Waals surface area (Å²) in [7, 11) is 0. The van der Waals surface area contributed by atoms with Crippen LogP contribution in [0.4, 0.5) is 0 Å². The molecule has 0 N–H and O–H groups in total. The standard InChI is InChI=1S/C18H22O2S/c1-18(2,14-21)13-20-17-10-8-16(9-11-17)19-12-15-6-4-3-5-7-15/h3-11,21H,12-14H2,1-2H3. The van der Waals surface area contributed by atoms with Gasteiger partial charge in [0.1, 0.15) is 18.1 Å². The number of hydrogen-bond donors (Lipinski definition) is 1. The van der Waals surface area contributed by atoms with Crippen LogP contribution in [-0.2, 0) is 6.61 Å². The van der Waals surface area contributed by atoms with Gasteiger partial charge in [-0.1, -0.05) is 44.2 Å². The molecule has 0 spiro atoms. The lowest BCUT2D eigenvalue weighted by atomic mass is 9.98. The van der Waals surface area contributed by atoms with Gasteiger partial charge in [0.15, 0.2) is 0 Å². The summed E-state index contributed by atoms with van der Waals surface area (Å²) in [5.74, 6) is 2.50. The molecule has 2 rings (SSSR count). The summed E-state index contributed by atoms with van der Waals surface area (Å²) in [6.07, 6.45) is 0. The first-order valence-electron chi connectivity index (χ1n) is 7.09. The molecule has 0 aliphatic carbocycles. The van der Waals surface area contributed by atoms with Gasteiger partial charge in [0.25, 0.3) is 0 Å². The highest BCUT2D eigenvalue weighted by Crippen LogP contribution is 2.22. The highest BCUT2D eigenvalue weighted by Gasteiger charge is 2.16. The number of benzene rings is 2. The van der Waals surface area contributed by atoms with Crippen LogP contribution >= 0.6 is 12.6 Å². The van der Waals surface area contributed by atoms with Crippen molar-refractivity contribution in [2.75, 3.05) is 12.4 Å². The van der Waals surface area contributed by atoms with Crippen molar-refractivity contribution in [1.29, 1.82) is 0 Å². The molecule has 0 saturated carbocycles. The zero-order valence-electron chi connectivity index (χ0n) is 12.6. The Bertz CT molecular complexity index is 535. The molecule has 0 atom stereocenters. The highest BCUT2D eigenvalue weighted by molar-refractivity contribution is 7.80. The number of thiol groups is 1. The van der Waals surface area contributed by atoms with Crippen LogP contribution in [0.15, 0.2) is 54.6 Å². The molecule has 0 unspecified atom stereocenters. The van der Waals surface area contributed by atoms with Gasteiger partial charge in [-0.3, -0.25) is 0 Å². The quantitative estimate of drug-likeness (QED) is 0.753. The van der Waals surface area contributed by atoms with Crippen LogP contribution in [0.25, 0.3) is 0 Å². The predicted molar refractivity (Wildman–Crippen MR) is 90.3 cm³/mol. The van der Waals surface area contributed by atoms with Gasteiger partial charge in [0.05, 0.1) is 6.61 Å². The first-order chi connectivity index (χ1) is 10.1. The maximum absolute atomic E-state index is 5.78. The monoisotopic (exact) mass is 302 g/mol. The summed E-state index contributed by atoms with van der Waals surface area (Å²) in [5, 5.41) is 0. The van der Waals surface area contributed by atoms with E-state index in [1.807, 2.05) is 42.5 Å². The van der Waals surface area contributed by atoms with Gasteiger partial charge in [0.2, 0.25) is 0 Å². The molecule has 0 saturated heterocycles. The molecule has 2 aromatic carbocycles. The fourth-order valence-electron chi connectivity index (χ4n) is 1.70. The highest BCUT2D eigenvalue weighted by atomic mass is 32.1. The Morgan fingerprint density at radius 2 is 1.43 bits per heavy atom. The van der Waals surface area contributed by atoms with E-state index in [0.717, 1.165) is 22.8 Å². The molecule has 21 heavy (non-hydrogen) atoms. The molecule has 2 aromatic rings. The van der Waals surface area contributed by atoms with Crippen molar-refractivity contribution in [2.24, 2.45) is 5.41 Å². The van der Waals surface area contributed by atoms with Crippen molar-refractivity contribution >= 4 is 12.6 Å². The molecule has 0 radical (unpaired) electrons. The molecule has 0 amide bonds. The number of rotatable bonds is 7. The fourth-order valence-corrected chi connectivity index (χ4v) is 1.79. The second-order valence-electron chi connectivity index (χ2n) is 5.86. The molecule has 112 valence electrons. The van der Waals surface area contributed by atoms with Crippen LogP contribution in [0.1, 0.15) is 19.4 Å². The van der Waals surface area contributed by atoms with Crippen molar-refractivity contribution < 1.29 is 9.47 Å². The van der Waals surface area contributed by atoms with Crippen molar-refractivity contribution in [2.45, 2.75) is 20.5 Å². The largest absolute Gasteiger partial charge is 0.493 e. The zero-order valence-corrected chi connectivity index (χ0v) is 13.5. The van der Waals surface area contributed by atoms with Crippen LogP contribution in [0, 0.1) is 5.41 Å². The third kappa shape index (κ3) is 5.35. The lowest BCUT2D eigenvalue weighted by Gasteiger charge is -2.22. The molecule has 0 aliphatic heterocycles. The molecule has 0 aromatic heterocycles. The van der Waals surface area contributed by atoms with Crippen LogP contribution in [-0.4, -0.2) is 12.4 Å². The second kappa shape index (κ2) is 7.41. The lowest BCUT2D eigenvalue weighted by molar-refractivity contribution is 0.202. The molecule has 0 fully saturated rings. The number of ether oxygens (including phenoxy) is 2. The lowest BCUT2D eigenvalue weighted by Crippen LogP contribution is -2.23. The second-order valence-corrected chi connectivity index (χ2v) is 6.17. The zero-order chi connectivity index (χ0) is 15.1. The Kier molecular flexibility index (Phi) is 5.57. The van der Waals surface area contributed by atoms with E-state index in [-0.39, 0.29) is 5.41 Å². The normalized spacial score (nSPS) is 11.2. The Hall–Kier alpha value is -1.61. The van der Waals surface area contributed by atoms with Gasteiger partial charge in [0, 0.05) is 5.41 Å². The molecule has 2 nitrogen and oxygen atoms in total. The summed E-state index contributed by atoms with van der Waals surface area (Å²) < 4.78 is 11.5. The third-order valence-electron chi connectivity index (χ3n) is 3.13. The van der Waals surface area contributed by atoms with Crippen LogP contribution in [0.2, 0.25) is 0 Å². The molecule has 3 heteroatoms. The molecule has 0 heterocycles. The Labute approximate surface area is 132 Å².